The second kappa shape index (κ2) is 6.96. The van der Waals surface area contributed by atoms with Gasteiger partial charge in [-0.25, -0.2) is 9.78 Å². The topological polar surface area (TPSA) is 73.3 Å². The fourth-order valence-corrected chi connectivity index (χ4v) is 2.31. The normalized spacial score (nSPS) is 12.9. The Hall–Kier alpha value is -1.47. The van der Waals surface area contributed by atoms with Gasteiger partial charge in [-0.15, -0.1) is 0 Å². The number of nitrogens with zero attached hydrogens (tertiary/aromatic N) is 2. The van der Waals surface area contributed by atoms with Crippen LogP contribution in [0, 0.1) is 0 Å². The number of nitrogens with one attached hydrogen (secondary N) is 1. The van der Waals surface area contributed by atoms with Gasteiger partial charge in [-0.05, 0) is 38.9 Å². The summed E-state index contributed by atoms with van der Waals surface area (Å²) in [6.45, 7) is 16.8. The number of ether oxygens (including phenoxy) is 1. The predicted molar refractivity (Wildman–Crippen MR) is 93.9 cm³/mol. The summed E-state index contributed by atoms with van der Waals surface area (Å²) < 4.78 is 11.3. The minimum atomic E-state index is -1.81. The van der Waals surface area contributed by atoms with E-state index >= 15 is 0 Å². The summed E-state index contributed by atoms with van der Waals surface area (Å²) in [5, 5.41) is 2.71. The molecule has 23 heavy (non-hydrogen) atoms. The second-order valence-electron chi connectivity index (χ2n) is 8.07. The summed E-state index contributed by atoms with van der Waals surface area (Å²) in [6.07, 6.45) is 2.57. The minimum absolute atomic E-state index is 0.151. The van der Waals surface area contributed by atoms with Crippen molar-refractivity contribution < 1.29 is 14.0 Å². The van der Waals surface area contributed by atoms with E-state index in [1.165, 1.54) is 6.20 Å². The van der Waals surface area contributed by atoms with E-state index in [1.54, 1.807) is 27.0 Å². The number of carbonyl (C=O) groups is 1. The van der Waals surface area contributed by atoms with Gasteiger partial charge in [0, 0.05) is 0 Å². The summed E-state index contributed by atoms with van der Waals surface area (Å²) in [7, 11) is -1.81. The largest absolute Gasteiger partial charge is 0.444 e. The second-order valence-corrected chi connectivity index (χ2v) is 12.9. The van der Waals surface area contributed by atoms with Crippen LogP contribution in [-0.4, -0.2) is 30.0 Å². The predicted octanol–water partition coefficient (Wildman–Crippen LogP) is 4.35. The Balaban J connectivity index is 2.59. The lowest BCUT2D eigenvalue weighted by atomic mass is 10.2. The molecule has 1 aromatic heterocycles. The van der Waals surface area contributed by atoms with Crippen molar-refractivity contribution in [3.8, 4) is 0 Å². The molecule has 6 nitrogen and oxygen atoms in total. The maximum atomic E-state index is 11.7. The maximum absolute atomic E-state index is 11.7. The van der Waals surface area contributed by atoms with Crippen LogP contribution < -0.4 is 5.32 Å². The quantitative estimate of drug-likeness (QED) is 0.826. The van der Waals surface area contributed by atoms with E-state index in [4.69, 9.17) is 9.16 Å². The van der Waals surface area contributed by atoms with E-state index in [0.717, 1.165) is 5.69 Å². The highest BCUT2D eigenvalue weighted by Gasteiger charge is 2.37. The number of rotatable bonds is 4. The van der Waals surface area contributed by atoms with Crippen molar-refractivity contribution in [1.82, 2.24) is 9.97 Å². The summed E-state index contributed by atoms with van der Waals surface area (Å²) in [5.41, 5.74) is 0.193. The highest BCUT2D eigenvalue weighted by molar-refractivity contribution is 6.74. The molecule has 0 atom stereocenters. The van der Waals surface area contributed by atoms with E-state index in [-0.39, 0.29) is 5.04 Å². The third kappa shape index (κ3) is 6.66. The lowest BCUT2D eigenvalue weighted by Crippen LogP contribution is -2.40. The molecule has 0 fully saturated rings. The number of anilines is 1. The van der Waals surface area contributed by atoms with Crippen LogP contribution in [0.1, 0.15) is 47.2 Å². The van der Waals surface area contributed by atoms with Gasteiger partial charge >= 0.3 is 6.09 Å². The lowest BCUT2D eigenvalue weighted by Gasteiger charge is -2.35. The third-order valence-corrected chi connectivity index (χ3v) is 8.20. The van der Waals surface area contributed by atoms with E-state index < -0.39 is 20.0 Å². The van der Waals surface area contributed by atoms with Crippen LogP contribution in [0.4, 0.5) is 10.6 Å². The first-order valence-corrected chi connectivity index (χ1v) is 10.7. The lowest BCUT2D eigenvalue weighted by molar-refractivity contribution is 0.0635. The van der Waals surface area contributed by atoms with Gasteiger partial charge in [-0.1, -0.05) is 20.8 Å². The molecule has 1 amide bonds. The van der Waals surface area contributed by atoms with Gasteiger partial charge in [-0.3, -0.25) is 10.3 Å². The van der Waals surface area contributed by atoms with Crippen LogP contribution in [0.5, 0.6) is 0 Å². The zero-order valence-corrected chi connectivity index (χ0v) is 16.5. The number of amides is 1. The van der Waals surface area contributed by atoms with Crippen LogP contribution in [0.25, 0.3) is 0 Å². The number of hydrogen-bond acceptors (Lipinski definition) is 5. The van der Waals surface area contributed by atoms with Crippen molar-refractivity contribution in [2.45, 2.75) is 71.9 Å². The number of carbonyl (C=O) groups excluding carboxylic acids is 1. The van der Waals surface area contributed by atoms with Crippen molar-refractivity contribution in [2.75, 3.05) is 5.32 Å². The Labute approximate surface area is 140 Å². The fraction of sp³-hybridized carbons (Fsp3) is 0.688. The van der Waals surface area contributed by atoms with E-state index in [2.05, 4.69) is 49.1 Å². The summed E-state index contributed by atoms with van der Waals surface area (Å²) in [5.74, 6) is 0.357. The molecule has 0 saturated heterocycles. The molecule has 7 heteroatoms. The van der Waals surface area contributed by atoms with Crippen LogP contribution in [0.15, 0.2) is 12.4 Å². The van der Waals surface area contributed by atoms with Gasteiger partial charge in [0.1, 0.15) is 5.60 Å². The van der Waals surface area contributed by atoms with Gasteiger partial charge in [0.25, 0.3) is 0 Å². The molecule has 1 rings (SSSR count). The Morgan fingerprint density at radius 3 is 2.17 bits per heavy atom. The number of hydrogen-bond donors (Lipinski definition) is 1. The third-order valence-electron chi connectivity index (χ3n) is 3.72. The molecule has 1 N–H and O–H groups in total. The van der Waals surface area contributed by atoms with Gasteiger partial charge in [-0.2, -0.15) is 0 Å². The van der Waals surface area contributed by atoms with Crippen molar-refractivity contribution in [2.24, 2.45) is 0 Å². The molecule has 130 valence electrons. The molecule has 0 unspecified atom stereocenters. The van der Waals surface area contributed by atoms with Crippen molar-refractivity contribution in [1.29, 1.82) is 0 Å². The molecule has 0 aromatic carbocycles. The van der Waals surface area contributed by atoms with Crippen molar-refractivity contribution in [3.63, 3.8) is 0 Å². The summed E-state index contributed by atoms with van der Waals surface area (Å²) in [4.78, 5) is 20.1. The molecule has 1 heterocycles. The summed E-state index contributed by atoms with van der Waals surface area (Å²) in [6, 6.07) is 0. The molecule has 0 bridgehead atoms. The van der Waals surface area contributed by atoms with Crippen LogP contribution >= 0.6 is 0 Å². The van der Waals surface area contributed by atoms with E-state index in [1.807, 2.05) is 0 Å². The van der Waals surface area contributed by atoms with Gasteiger partial charge < -0.3 is 9.16 Å². The van der Waals surface area contributed by atoms with Crippen molar-refractivity contribution in [3.05, 3.63) is 18.1 Å². The molecule has 0 spiro atoms. The summed E-state index contributed by atoms with van der Waals surface area (Å²) >= 11 is 0. The first kappa shape index (κ1) is 19.6. The van der Waals surface area contributed by atoms with E-state index in [0.29, 0.717) is 12.4 Å². The highest BCUT2D eigenvalue weighted by Crippen LogP contribution is 2.36. The first-order valence-electron chi connectivity index (χ1n) is 7.75. The van der Waals surface area contributed by atoms with Crippen molar-refractivity contribution >= 4 is 20.2 Å². The van der Waals surface area contributed by atoms with Gasteiger partial charge in [0.2, 0.25) is 0 Å². The molecule has 1 aromatic rings. The highest BCUT2D eigenvalue weighted by atomic mass is 28.4. The number of aromatic nitrogens is 2. The maximum Gasteiger partial charge on any atom is 0.413 e. The van der Waals surface area contributed by atoms with Crippen LogP contribution in [-0.2, 0) is 15.8 Å². The first-order chi connectivity index (χ1) is 10.3. The van der Waals surface area contributed by atoms with E-state index in [9.17, 15) is 4.79 Å². The monoisotopic (exact) mass is 339 g/mol. The average Bonchev–Trinajstić information content (AvgIpc) is 2.34. The smallest absolute Gasteiger partial charge is 0.413 e. The Morgan fingerprint density at radius 1 is 1.13 bits per heavy atom. The Bertz CT molecular complexity index is 531. The molecule has 0 aliphatic heterocycles. The minimum Gasteiger partial charge on any atom is -0.444 e. The molecule has 0 aliphatic carbocycles. The fourth-order valence-electron chi connectivity index (χ4n) is 1.37. The SMILES string of the molecule is CC(C)(C)OC(=O)Nc1cnc(CO[Si](C)(C)C(C)(C)C)cn1. The molecular weight excluding hydrogens is 310 g/mol. The average molecular weight is 340 g/mol. The van der Waals surface area contributed by atoms with Gasteiger partial charge in [0.15, 0.2) is 14.1 Å². The van der Waals surface area contributed by atoms with Crippen LogP contribution in [0.3, 0.4) is 0 Å². The Kier molecular flexibility index (Phi) is 5.93. The molecule has 0 saturated carbocycles. The van der Waals surface area contributed by atoms with Gasteiger partial charge in [0.05, 0.1) is 24.7 Å². The standard InChI is InChI=1S/C16H29N3O3Si/c1-15(2,3)22-14(20)19-13-10-17-12(9-18-13)11-21-23(7,8)16(4,5)6/h9-10H,11H2,1-8H3,(H,18,19,20). The molecule has 0 aliphatic rings. The molecular formula is C16H29N3O3Si. The Morgan fingerprint density at radius 2 is 1.74 bits per heavy atom. The molecule has 0 radical (unpaired) electrons. The zero-order valence-electron chi connectivity index (χ0n) is 15.5. The zero-order chi connectivity index (χ0) is 17.9. The van der Waals surface area contributed by atoms with Crippen LogP contribution in [0.2, 0.25) is 18.1 Å².